The smallest absolute Gasteiger partial charge is 0.309 e. The molecule has 0 radical (unpaired) electrons. The molecule has 0 spiro atoms. The van der Waals surface area contributed by atoms with E-state index in [9.17, 15) is 9.59 Å². The van der Waals surface area contributed by atoms with E-state index in [2.05, 4.69) is 0 Å². The van der Waals surface area contributed by atoms with Crippen LogP contribution >= 0.6 is 0 Å². The summed E-state index contributed by atoms with van der Waals surface area (Å²) in [5.74, 6) is -1.80. The number of carboxylic acid groups (broad SMARTS) is 1. The summed E-state index contributed by atoms with van der Waals surface area (Å²) in [6.45, 7) is 5.31. The van der Waals surface area contributed by atoms with Crippen LogP contribution in [-0.2, 0) is 14.3 Å². The van der Waals surface area contributed by atoms with Gasteiger partial charge in [-0.15, -0.1) is 0 Å². The highest BCUT2D eigenvalue weighted by molar-refractivity contribution is 5.75. The van der Waals surface area contributed by atoms with Gasteiger partial charge in [0.05, 0.1) is 11.8 Å². The van der Waals surface area contributed by atoms with E-state index >= 15 is 0 Å². The molecule has 0 aromatic heterocycles. The van der Waals surface area contributed by atoms with Gasteiger partial charge in [0.2, 0.25) is 0 Å². The molecule has 1 fully saturated rings. The number of hydrogen-bond acceptors (Lipinski definition) is 3. The van der Waals surface area contributed by atoms with E-state index in [-0.39, 0.29) is 17.8 Å². The largest absolute Gasteiger partial charge is 0.481 e. The van der Waals surface area contributed by atoms with Crippen LogP contribution in [0.5, 0.6) is 0 Å². The second kappa shape index (κ2) is 3.98. The third kappa shape index (κ3) is 2.05. The van der Waals surface area contributed by atoms with E-state index in [0.717, 1.165) is 0 Å². The van der Waals surface area contributed by atoms with Crippen LogP contribution < -0.4 is 0 Å². The fourth-order valence-corrected chi connectivity index (χ4v) is 1.89. The van der Waals surface area contributed by atoms with E-state index in [1.54, 1.807) is 13.8 Å². The van der Waals surface area contributed by atoms with Crippen molar-refractivity contribution >= 4 is 11.9 Å². The summed E-state index contributed by atoms with van der Waals surface area (Å²) < 4.78 is 5.11. The number of aliphatic carboxylic acids is 1. The normalized spacial score (nSPS) is 34.8. The molecular weight excluding hydrogens is 184 g/mol. The van der Waals surface area contributed by atoms with E-state index < -0.39 is 18.0 Å². The Morgan fingerprint density at radius 2 is 2.14 bits per heavy atom. The minimum atomic E-state index is -0.913. The molecule has 4 heteroatoms. The molecule has 14 heavy (non-hydrogen) atoms. The molecule has 1 heterocycles. The molecule has 1 aliphatic rings. The topological polar surface area (TPSA) is 63.6 Å². The van der Waals surface area contributed by atoms with Crippen LogP contribution in [0.4, 0.5) is 0 Å². The van der Waals surface area contributed by atoms with Crippen LogP contribution in [0.25, 0.3) is 0 Å². The number of carbonyl (C=O) groups excluding carboxylic acids is 1. The SMILES string of the molecule is C[C@@H]1C[C@H](C)C(=O)O[C@H]1[C@H](C)C(=O)O. The van der Waals surface area contributed by atoms with Gasteiger partial charge in [0, 0.05) is 0 Å². The van der Waals surface area contributed by atoms with Crippen molar-refractivity contribution in [2.75, 3.05) is 0 Å². The molecule has 1 N–H and O–H groups in total. The average molecular weight is 200 g/mol. The Balaban J connectivity index is 2.70. The first-order valence-electron chi connectivity index (χ1n) is 4.86. The second-order valence-electron chi connectivity index (χ2n) is 4.14. The van der Waals surface area contributed by atoms with E-state index in [0.29, 0.717) is 6.42 Å². The van der Waals surface area contributed by atoms with Gasteiger partial charge in [-0.2, -0.15) is 0 Å². The number of esters is 1. The molecule has 0 aromatic carbocycles. The minimum absolute atomic E-state index is 0.109. The lowest BCUT2D eigenvalue weighted by atomic mass is 9.84. The summed E-state index contributed by atoms with van der Waals surface area (Å²) >= 11 is 0. The number of hydrogen-bond donors (Lipinski definition) is 1. The van der Waals surface area contributed by atoms with Crippen LogP contribution in [0, 0.1) is 17.8 Å². The van der Waals surface area contributed by atoms with Crippen molar-refractivity contribution in [3.63, 3.8) is 0 Å². The maximum atomic E-state index is 11.3. The maximum Gasteiger partial charge on any atom is 0.309 e. The van der Waals surface area contributed by atoms with Crippen LogP contribution in [-0.4, -0.2) is 23.1 Å². The standard InChI is InChI=1S/C10H16O4/c1-5-4-6(2)10(13)14-8(5)7(3)9(11)12/h5-8H,4H2,1-3H3,(H,11,12)/t5-,6+,7+,8-/m1/s1. The molecule has 0 unspecified atom stereocenters. The Hall–Kier alpha value is -1.06. The first kappa shape index (κ1) is 11.0. The van der Waals surface area contributed by atoms with Crippen molar-refractivity contribution in [1.29, 1.82) is 0 Å². The molecule has 4 nitrogen and oxygen atoms in total. The van der Waals surface area contributed by atoms with Crippen molar-refractivity contribution < 1.29 is 19.4 Å². The highest BCUT2D eigenvalue weighted by atomic mass is 16.5. The number of rotatable bonds is 2. The van der Waals surface area contributed by atoms with Crippen molar-refractivity contribution in [2.45, 2.75) is 33.3 Å². The third-order valence-corrected chi connectivity index (χ3v) is 2.82. The predicted octanol–water partition coefficient (Wildman–Crippen LogP) is 1.29. The molecule has 0 bridgehead atoms. The van der Waals surface area contributed by atoms with Gasteiger partial charge >= 0.3 is 11.9 Å². The van der Waals surface area contributed by atoms with Gasteiger partial charge in [-0.3, -0.25) is 9.59 Å². The molecular formula is C10H16O4. The van der Waals surface area contributed by atoms with Crippen LogP contribution in [0.3, 0.4) is 0 Å². The Labute approximate surface area is 83.2 Å². The lowest BCUT2D eigenvalue weighted by molar-refractivity contribution is -0.172. The number of ether oxygens (including phenoxy) is 1. The zero-order chi connectivity index (χ0) is 10.9. The van der Waals surface area contributed by atoms with Gasteiger partial charge in [-0.1, -0.05) is 13.8 Å². The summed E-state index contributed by atoms with van der Waals surface area (Å²) in [4.78, 5) is 22.0. The maximum absolute atomic E-state index is 11.3. The second-order valence-corrected chi connectivity index (χ2v) is 4.14. The monoisotopic (exact) mass is 200 g/mol. The Morgan fingerprint density at radius 3 is 2.64 bits per heavy atom. The molecule has 0 amide bonds. The summed E-state index contributed by atoms with van der Waals surface area (Å²) in [5, 5.41) is 8.81. The van der Waals surface area contributed by atoms with E-state index in [1.165, 1.54) is 0 Å². The van der Waals surface area contributed by atoms with Gasteiger partial charge in [0.1, 0.15) is 6.10 Å². The van der Waals surface area contributed by atoms with Gasteiger partial charge in [-0.05, 0) is 19.3 Å². The zero-order valence-corrected chi connectivity index (χ0v) is 8.69. The fraction of sp³-hybridized carbons (Fsp3) is 0.800. The van der Waals surface area contributed by atoms with Gasteiger partial charge < -0.3 is 9.84 Å². The first-order chi connectivity index (χ1) is 6.43. The third-order valence-electron chi connectivity index (χ3n) is 2.82. The predicted molar refractivity (Wildman–Crippen MR) is 49.6 cm³/mol. The average Bonchev–Trinajstić information content (AvgIpc) is 2.10. The lowest BCUT2D eigenvalue weighted by Crippen LogP contribution is -2.42. The Bertz CT molecular complexity index is 249. The number of carbonyl (C=O) groups is 2. The van der Waals surface area contributed by atoms with Gasteiger partial charge in [0.15, 0.2) is 0 Å². The molecule has 0 saturated carbocycles. The highest BCUT2D eigenvalue weighted by Gasteiger charge is 2.38. The fourth-order valence-electron chi connectivity index (χ4n) is 1.89. The van der Waals surface area contributed by atoms with Crippen LogP contribution in [0.1, 0.15) is 27.2 Å². The van der Waals surface area contributed by atoms with Crippen molar-refractivity contribution in [1.82, 2.24) is 0 Å². The molecule has 1 saturated heterocycles. The van der Waals surface area contributed by atoms with Crippen molar-refractivity contribution in [2.24, 2.45) is 17.8 Å². The number of carboxylic acids is 1. The van der Waals surface area contributed by atoms with Gasteiger partial charge in [-0.25, -0.2) is 0 Å². The Kier molecular flexibility index (Phi) is 3.13. The molecule has 4 atom stereocenters. The molecule has 80 valence electrons. The molecule has 1 rings (SSSR count). The Morgan fingerprint density at radius 1 is 1.57 bits per heavy atom. The summed E-state index contributed by atoms with van der Waals surface area (Å²) in [5.41, 5.74) is 0. The lowest BCUT2D eigenvalue weighted by Gasteiger charge is -2.34. The van der Waals surface area contributed by atoms with E-state index in [4.69, 9.17) is 9.84 Å². The summed E-state index contributed by atoms with van der Waals surface area (Å²) in [6.07, 6.45) is 0.234. The summed E-state index contributed by atoms with van der Waals surface area (Å²) in [6, 6.07) is 0. The van der Waals surface area contributed by atoms with Crippen LogP contribution in [0.15, 0.2) is 0 Å². The zero-order valence-electron chi connectivity index (χ0n) is 8.69. The van der Waals surface area contributed by atoms with Crippen molar-refractivity contribution in [3.05, 3.63) is 0 Å². The molecule has 0 aromatic rings. The first-order valence-corrected chi connectivity index (χ1v) is 4.86. The van der Waals surface area contributed by atoms with Crippen molar-refractivity contribution in [3.8, 4) is 0 Å². The summed E-state index contributed by atoms with van der Waals surface area (Å²) in [7, 11) is 0. The quantitative estimate of drug-likeness (QED) is 0.682. The molecule has 0 aliphatic carbocycles. The number of cyclic esters (lactones) is 1. The minimum Gasteiger partial charge on any atom is -0.481 e. The van der Waals surface area contributed by atoms with Gasteiger partial charge in [0.25, 0.3) is 0 Å². The van der Waals surface area contributed by atoms with E-state index in [1.807, 2.05) is 6.92 Å². The van der Waals surface area contributed by atoms with Crippen LogP contribution in [0.2, 0.25) is 0 Å². The molecule has 1 aliphatic heterocycles. The highest BCUT2D eigenvalue weighted by Crippen LogP contribution is 2.29.